The Morgan fingerprint density at radius 2 is 2.50 bits per heavy atom. The topological polar surface area (TPSA) is 41.1 Å². The average molecular weight is 213 g/mol. The molecule has 2 heterocycles. The summed E-state index contributed by atoms with van der Waals surface area (Å²) in [7, 11) is 0. The molecule has 1 saturated heterocycles. The van der Waals surface area contributed by atoms with Gasteiger partial charge in [0.05, 0.1) is 0 Å². The van der Waals surface area contributed by atoms with Gasteiger partial charge in [0.15, 0.2) is 0 Å². The molecule has 1 aromatic rings. The van der Waals surface area contributed by atoms with Gasteiger partial charge in [0.2, 0.25) is 5.95 Å². The van der Waals surface area contributed by atoms with Crippen LogP contribution in [0.25, 0.3) is 0 Å². The Kier molecular flexibility index (Phi) is 2.84. The maximum absolute atomic E-state index is 5.81. The number of piperazine rings is 1. The molecule has 1 aliphatic heterocycles. The molecule has 0 bridgehead atoms. The number of rotatable bonds is 1. The highest BCUT2D eigenvalue weighted by molar-refractivity contribution is 6.29. The van der Waals surface area contributed by atoms with E-state index in [0.717, 1.165) is 25.6 Å². The summed E-state index contributed by atoms with van der Waals surface area (Å²) < 4.78 is 0. The molecule has 76 valence electrons. The molecule has 0 spiro atoms. The van der Waals surface area contributed by atoms with E-state index in [1.807, 2.05) is 0 Å². The van der Waals surface area contributed by atoms with E-state index >= 15 is 0 Å². The molecule has 0 aromatic carbocycles. The van der Waals surface area contributed by atoms with Crippen LogP contribution in [0.3, 0.4) is 0 Å². The van der Waals surface area contributed by atoms with Crippen LogP contribution in [-0.4, -0.2) is 35.6 Å². The van der Waals surface area contributed by atoms with Gasteiger partial charge < -0.3 is 10.2 Å². The molecule has 5 heteroatoms. The Bertz CT molecular complexity index is 317. The molecule has 1 aliphatic rings. The van der Waals surface area contributed by atoms with Crippen LogP contribution >= 0.6 is 11.6 Å². The number of halogens is 1. The second-order valence-corrected chi connectivity index (χ2v) is 3.87. The van der Waals surface area contributed by atoms with Crippen molar-refractivity contribution in [3.63, 3.8) is 0 Å². The first-order chi connectivity index (χ1) is 6.75. The van der Waals surface area contributed by atoms with Crippen LogP contribution in [-0.2, 0) is 0 Å². The Morgan fingerprint density at radius 3 is 3.21 bits per heavy atom. The molecule has 0 saturated carbocycles. The largest absolute Gasteiger partial charge is 0.338 e. The molecule has 14 heavy (non-hydrogen) atoms. The van der Waals surface area contributed by atoms with E-state index in [4.69, 9.17) is 11.6 Å². The van der Waals surface area contributed by atoms with Crippen molar-refractivity contribution in [1.82, 2.24) is 15.3 Å². The maximum Gasteiger partial charge on any atom is 0.226 e. The number of nitrogens with one attached hydrogen (secondary N) is 1. The number of aromatic nitrogens is 2. The zero-order valence-corrected chi connectivity index (χ0v) is 8.83. The lowest BCUT2D eigenvalue weighted by Crippen LogP contribution is -2.49. The molecule has 2 rings (SSSR count). The lowest BCUT2D eigenvalue weighted by Gasteiger charge is -2.31. The van der Waals surface area contributed by atoms with Gasteiger partial charge in [-0.3, -0.25) is 0 Å². The van der Waals surface area contributed by atoms with E-state index in [-0.39, 0.29) is 0 Å². The second kappa shape index (κ2) is 4.11. The number of hydrogen-bond acceptors (Lipinski definition) is 4. The van der Waals surface area contributed by atoms with Crippen LogP contribution in [0.1, 0.15) is 6.92 Å². The van der Waals surface area contributed by atoms with E-state index in [1.165, 1.54) is 0 Å². The van der Waals surface area contributed by atoms with E-state index < -0.39 is 0 Å². The average Bonchev–Trinajstić information content (AvgIpc) is 2.18. The highest BCUT2D eigenvalue weighted by Crippen LogP contribution is 2.12. The minimum Gasteiger partial charge on any atom is -0.338 e. The third-order valence-corrected chi connectivity index (χ3v) is 2.47. The van der Waals surface area contributed by atoms with Crippen molar-refractivity contribution < 1.29 is 0 Å². The fourth-order valence-corrected chi connectivity index (χ4v) is 1.73. The first-order valence-corrected chi connectivity index (χ1v) is 5.10. The summed E-state index contributed by atoms with van der Waals surface area (Å²) in [5.74, 6) is 0.728. The van der Waals surface area contributed by atoms with Gasteiger partial charge in [-0.25, -0.2) is 9.97 Å². The molecule has 1 N–H and O–H groups in total. The van der Waals surface area contributed by atoms with Gasteiger partial charge >= 0.3 is 0 Å². The highest BCUT2D eigenvalue weighted by Gasteiger charge is 2.17. The van der Waals surface area contributed by atoms with Crippen LogP contribution in [0.15, 0.2) is 12.3 Å². The van der Waals surface area contributed by atoms with Gasteiger partial charge in [0.1, 0.15) is 5.15 Å². The SMILES string of the molecule is CC1CN(c2nccc(Cl)n2)CCN1. The summed E-state index contributed by atoms with van der Waals surface area (Å²) in [5.41, 5.74) is 0. The molecular weight excluding hydrogens is 200 g/mol. The minimum absolute atomic E-state index is 0.478. The Balaban J connectivity index is 2.14. The van der Waals surface area contributed by atoms with Crippen molar-refractivity contribution in [2.24, 2.45) is 0 Å². The molecule has 1 aromatic heterocycles. The van der Waals surface area contributed by atoms with Crippen molar-refractivity contribution in [1.29, 1.82) is 0 Å². The lowest BCUT2D eigenvalue weighted by molar-refractivity contribution is 0.479. The smallest absolute Gasteiger partial charge is 0.226 e. The van der Waals surface area contributed by atoms with Crippen LogP contribution in [0.2, 0.25) is 5.15 Å². The maximum atomic E-state index is 5.81. The van der Waals surface area contributed by atoms with Gasteiger partial charge in [0.25, 0.3) is 0 Å². The minimum atomic E-state index is 0.478. The molecular formula is C9H13ClN4. The molecule has 0 aliphatic carbocycles. The second-order valence-electron chi connectivity index (χ2n) is 3.48. The monoisotopic (exact) mass is 212 g/mol. The third kappa shape index (κ3) is 2.13. The summed E-state index contributed by atoms with van der Waals surface area (Å²) in [6.07, 6.45) is 1.69. The molecule has 0 amide bonds. The van der Waals surface area contributed by atoms with Crippen LogP contribution in [0.5, 0.6) is 0 Å². The Hall–Kier alpha value is -0.870. The van der Waals surface area contributed by atoms with Crippen LogP contribution in [0.4, 0.5) is 5.95 Å². The van der Waals surface area contributed by atoms with Gasteiger partial charge in [-0.05, 0) is 13.0 Å². The van der Waals surface area contributed by atoms with Crippen molar-refractivity contribution in [2.45, 2.75) is 13.0 Å². The standard InChI is InChI=1S/C9H13ClN4/c1-7-6-14(5-4-11-7)9-12-3-2-8(10)13-9/h2-3,7,11H,4-6H2,1H3. The summed E-state index contributed by atoms with van der Waals surface area (Å²) >= 11 is 5.81. The van der Waals surface area contributed by atoms with Crippen LogP contribution < -0.4 is 10.2 Å². The van der Waals surface area contributed by atoms with Gasteiger partial charge in [0, 0.05) is 31.9 Å². The summed E-state index contributed by atoms with van der Waals surface area (Å²) in [6, 6.07) is 2.17. The third-order valence-electron chi connectivity index (χ3n) is 2.26. The number of hydrogen-bond donors (Lipinski definition) is 1. The zero-order chi connectivity index (χ0) is 9.97. The van der Waals surface area contributed by atoms with E-state index in [1.54, 1.807) is 12.3 Å². The Morgan fingerprint density at radius 1 is 1.64 bits per heavy atom. The highest BCUT2D eigenvalue weighted by atomic mass is 35.5. The fourth-order valence-electron chi connectivity index (χ4n) is 1.59. The Labute approximate surface area is 88.3 Å². The molecule has 0 radical (unpaired) electrons. The normalized spacial score (nSPS) is 22.4. The van der Waals surface area contributed by atoms with Crippen molar-refractivity contribution in [3.8, 4) is 0 Å². The first-order valence-electron chi connectivity index (χ1n) is 4.72. The zero-order valence-electron chi connectivity index (χ0n) is 8.07. The molecule has 1 fully saturated rings. The summed E-state index contributed by atoms with van der Waals surface area (Å²) in [4.78, 5) is 10.5. The number of nitrogens with zero attached hydrogens (tertiary/aromatic N) is 3. The van der Waals surface area contributed by atoms with Gasteiger partial charge in [-0.2, -0.15) is 0 Å². The fraction of sp³-hybridized carbons (Fsp3) is 0.556. The lowest BCUT2D eigenvalue weighted by atomic mass is 10.2. The molecule has 1 atom stereocenters. The van der Waals surface area contributed by atoms with Gasteiger partial charge in [-0.15, -0.1) is 0 Å². The van der Waals surface area contributed by atoms with E-state index in [2.05, 4.69) is 27.1 Å². The van der Waals surface area contributed by atoms with Crippen molar-refractivity contribution in [3.05, 3.63) is 17.4 Å². The van der Waals surface area contributed by atoms with Crippen molar-refractivity contribution in [2.75, 3.05) is 24.5 Å². The van der Waals surface area contributed by atoms with E-state index in [0.29, 0.717) is 11.2 Å². The van der Waals surface area contributed by atoms with Crippen molar-refractivity contribution >= 4 is 17.5 Å². The van der Waals surface area contributed by atoms with E-state index in [9.17, 15) is 0 Å². The van der Waals surface area contributed by atoms with Crippen LogP contribution in [0, 0.1) is 0 Å². The quantitative estimate of drug-likeness (QED) is 0.704. The number of anilines is 1. The molecule has 4 nitrogen and oxygen atoms in total. The predicted molar refractivity (Wildman–Crippen MR) is 56.7 cm³/mol. The first kappa shape index (κ1) is 9.68. The summed E-state index contributed by atoms with van der Waals surface area (Å²) in [5, 5.41) is 3.87. The summed E-state index contributed by atoms with van der Waals surface area (Å²) in [6.45, 7) is 4.98. The molecule has 1 unspecified atom stereocenters. The van der Waals surface area contributed by atoms with Gasteiger partial charge in [-0.1, -0.05) is 11.6 Å². The predicted octanol–water partition coefficient (Wildman–Crippen LogP) is 0.928.